The highest BCUT2D eigenvalue weighted by molar-refractivity contribution is 5.55. The summed E-state index contributed by atoms with van der Waals surface area (Å²) < 4.78 is 13.4. The Labute approximate surface area is 78.8 Å². The molecule has 0 saturated heterocycles. The third-order valence-corrected chi connectivity index (χ3v) is 1.88. The topological polar surface area (TPSA) is 61.5 Å². The fourth-order valence-electron chi connectivity index (χ4n) is 1.21. The van der Waals surface area contributed by atoms with Crippen LogP contribution in [0, 0.1) is 12.7 Å². The average Bonchev–Trinajstić information content (AvgIpc) is 2.51. The molecule has 2 N–H and O–H groups in total. The fourth-order valence-corrected chi connectivity index (χ4v) is 1.21. The number of H-pyrrole nitrogens is 2. The van der Waals surface area contributed by atoms with Gasteiger partial charge in [0, 0.05) is 0 Å². The molecule has 1 aromatic carbocycles. The lowest BCUT2D eigenvalue weighted by atomic mass is 10.1. The quantitative estimate of drug-likeness (QED) is 0.715. The third-order valence-electron chi connectivity index (χ3n) is 1.88. The zero-order chi connectivity index (χ0) is 10.1. The number of aryl methyl sites for hydroxylation is 1. The van der Waals surface area contributed by atoms with Gasteiger partial charge in [-0.3, -0.25) is 4.98 Å². The number of halogens is 1. The molecule has 72 valence electrons. The molecular weight excluding hydrogens is 185 g/mol. The van der Waals surface area contributed by atoms with Crippen molar-refractivity contribution in [1.29, 1.82) is 0 Å². The number of hydrogen-bond donors (Lipinski definition) is 2. The van der Waals surface area contributed by atoms with E-state index in [0.29, 0.717) is 0 Å². The van der Waals surface area contributed by atoms with Gasteiger partial charge in [-0.25, -0.2) is 14.3 Å². The lowest BCUT2D eigenvalue weighted by Gasteiger charge is -1.98. The van der Waals surface area contributed by atoms with Gasteiger partial charge in [-0.05, 0) is 24.6 Å². The van der Waals surface area contributed by atoms with Crippen LogP contribution in [0.15, 0.2) is 23.0 Å². The van der Waals surface area contributed by atoms with Crippen LogP contribution in [-0.2, 0) is 0 Å². The van der Waals surface area contributed by atoms with Crippen molar-refractivity contribution >= 4 is 0 Å². The summed E-state index contributed by atoms with van der Waals surface area (Å²) in [4.78, 5) is 13.1. The molecule has 0 aliphatic rings. The molecule has 0 saturated carbocycles. The zero-order valence-electron chi connectivity index (χ0n) is 7.47. The molecule has 0 aliphatic heterocycles. The van der Waals surface area contributed by atoms with E-state index < -0.39 is 11.5 Å². The number of rotatable bonds is 1. The molecule has 1 aromatic heterocycles. The third kappa shape index (κ3) is 1.44. The SMILES string of the molecule is Cc1ccc(-c2n[nH]c(=O)[nH]2)c(F)c1. The second kappa shape index (κ2) is 3.10. The molecule has 0 spiro atoms. The maximum atomic E-state index is 13.4. The summed E-state index contributed by atoms with van der Waals surface area (Å²) in [5.41, 5.74) is 0.665. The van der Waals surface area contributed by atoms with Crippen LogP contribution in [0.5, 0.6) is 0 Å². The van der Waals surface area contributed by atoms with Crippen molar-refractivity contribution in [2.45, 2.75) is 6.92 Å². The second-order valence-corrected chi connectivity index (χ2v) is 3.01. The van der Waals surface area contributed by atoms with Crippen molar-refractivity contribution in [2.75, 3.05) is 0 Å². The molecule has 0 atom stereocenters. The van der Waals surface area contributed by atoms with Gasteiger partial charge in [0.15, 0.2) is 5.82 Å². The molecule has 0 radical (unpaired) electrons. The van der Waals surface area contributed by atoms with Crippen LogP contribution in [0.25, 0.3) is 11.4 Å². The first-order chi connectivity index (χ1) is 6.66. The van der Waals surface area contributed by atoms with E-state index in [1.54, 1.807) is 19.1 Å². The van der Waals surface area contributed by atoms with Gasteiger partial charge >= 0.3 is 5.69 Å². The molecule has 0 aliphatic carbocycles. The Morgan fingerprint density at radius 3 is 2.79 bits per heavy atom. The van der Waals surface area contributed by atoms with Gasteiger partial charge in [-0.1, -0.05) is 6.07 Å². The van der Waals surface area contributed by atoms with Crippen molar-refractivity contribution in [3.63, 3.8) is 0 Å². The van der Waals surface area contributed by atoms with E-state index >= 15 is 0 Å². The number of nitrogens with zero attached hydrogens (tertiary/aromatic N) is 1. The van der Waals surface area contributed by atoms with Gasteiger partial charge in [-0.15, -0.1) is 0 Å². The van der Waals surface area contributed by atoms with Crippen molar-refractivity contribution < 1.29 is 4.39 Å². The van der Waals surface area contributed by atoms with Crippen molar-refractivity contribution in [3.05, 3.63) is 40.1 Å². The number of benzene rings is 1. The van der Waals surface area contributed by atoms with E-state index in [-0.39, 0.29) is 11.4 Å². The Morgan fingerprint density at radius 2 is 2.21 bits per heavy atom. The first-order valence-electron chi connectivity index (χ1n) is 4.08. The highest BCUT2D eigenvalue weighted by Crippen LogP contribution is 2.18. The Kier molecular flexibility index (Phi) is 1.92. The van der Waals surface area contributed by atoms with Crippen LogP contribution in [0.2, 0.25) is 0 Å². The van der Waals surface area contributed by atoms with Gasteiger partial charge in [0.2, 0.25) is 0 Å². The highest BCUT2D eigenvalue weighted by atomic mass is 19.1. The predicted molar refractivity (Wildman–Crippen MR) is 49.3 cm³/mol. The minimum atomic E-state index is -0.444. The van der Waals surface area contributed by atoms with Crippen LogP contribution in [0.4, 0.5) is 4.39 Å². The maximum Gasteiger partial charge on any atom is 0.340 e. The van der Waals surface area contributed by atoms with E-state index in [2.05, 4.69) is 15.2 Å². The minimum absolute atomic E-state index is 0.215. The van der Waals surface area contributed by atoms with Crippen LogP contribution >= 0.6 is 0 Å². The normalized spacial score (nSPS) is 10.4. The van der Waals surface area contributed by atoms with Crippen LogP contribution in [0.1, 0.15) is 5.56 Å². The van der Waals surface area contributed by atoms with Crippen molar-refractivity contribution in [1.82, 2.24) is 15.2 Å². The average molecular weight is 193 g/mol. The molecule has 5 heteroatoms. The Morgan fingerprint density at radius 1 is 1.43 bits per heavy atom. The molecule has 2 rings (SSSR count). The van der Waals surface area contributed by atoms with E-state index in [1.165, 1.54) is 6.07 Å². The summed E-state index contributed by atoms with van der Waals surface area (Å²) in [5, 5.41) is 5.82. The van der Waals surface area contributed by atoms with E-state index in [1.807, 2.05) is 0 Å². The van der Waals surface area contributed by atoms with Gasteiger partial charge in [-0.2, -0.15) is 5.10 Å². The predicted octanol–water partition coefficient (Wildman–Crippen LogP) is 1.21. The monoisotopic (exact) mass is 193 g/mol. The summed E-state index contributed by atoms with van der Waals surface area (Å²) in [7, 11) is 0. The number of hydrogen-bond acceptors (Lipinski definition) is 2. The zero-order valence-corrected chi connectivity index (χ0v) is 7.47. The lowest BCUT2D eigenvalue weighted by Crippen LogP contribution is -2.00. The van der Waals surface area contributed by atoms with Gasteiger partial charge < -0.3 is 0 Å². The molecule has 1 heterocycles. The molecule has 0 amide bonds. The maximum absolute atomic E-state index is 13.4. The Hall–Kier alpha value is -1.91. The number of aromatic amines is 2. The molecule has 0 unspecified atom stereocenters. The first kappa shape index (κ1) is 8.68. The molecular formula is C9H8FN3O. The number of aromatic nitrogens is 3. The van der Waals surface area contributed by atoms with Gasteiger partial charge in [0.1, 0.15) is 5.82 Å². The summed E-state index contributed by atoms with van der Waals surface area (Å²) in [6, 6.07) is 4.73. The van der Waals surface area contributed by atoms with Crippen LogP contribution in [0.3, 0.4) is 0 Å². The Bertz CT molecular complexity index is 515. The molecule has 14 heavy (non-hydrogen) atoms. The molecule has 4 nitrogen and oxygen atoms in total. The van der Waals surface area contributed by atoms with E-state index in [4.69, 9.17) is 0 Å². The van der Waals surface area contributed by atoms with E-state index in [0.717, 1.165) is 5.56 Å². The smallest absolute Gasteiger partial charge is 0.289 e. The van der Waals surface area contributed by atoms with Crippen LogP contribution < -0.4 is 5.69 Å². The largest absolute Gasteiger partial charge is 0.340 e. The second-order valence-electron chi connectivity index (χ2n) is 3.01. The van der Waals surface area contributed by atoms with Crippen molar-refractivity contribution in [3.8, 4) is 11.4 Å². The molecule has 0 bridgehead atoms. The first-order valence-corrected chi connectivity index (χ1v) is 4.08. The standard InChI is InChI=1S/C9H8FN3O/c1-5-2-3-6(7(10)4-5)8-11-9(14)13-12-8/h2-4H,1H3,(H2,11,12,13,14). The molecule has 2 aromatic rings. The lowest BCUT2D eigenvalue weighted by molar-refractivity contribution is 0.629. The summed E-state index contributed by atoms with van der Waals surface area (Å²) in [6.45, 7) is 1.79. The van der Waals surface area contributed by atoms with Crippen LogP contribution in [-0.4, -0.2) is 15.2 Å². The molecule has 0 fully saturated rings. The Balaban J connectivity index is 2.57. The van der Waals surface area contributed by atoms with Crippen molar-refractivity contribution in [2.24, 2.45) is 0 Å². The van der Waals surface area contributed by atoms with Gasteiger partial charge in [0.25, 0.3) is 0 Å². The van der Waals surface area contributed by atoms with Gasteiger partial charge in [0.05, 0.1) is 5.56 Å². The summed E-state index contributed by atoms with van der Waals surface area (Å²) in [5.74, 6) is -0.180. The summed E-state index contributed by atoms with van der Waals surface area (Å²) in [6.07, 6.45) is 0. The fraction of sp³-hybridized carbons (Fsp3) is 0.111. The van der Waals surface area contributed by atoms with E-state index in [9.17, 15) is 9.18 Å². The minimum Gasteiger partial charge on any atom is -0.289 e. The summed E-state index contributed by atoms with van der Waals surface area (Å²) >= 11 is 0. The highest BCUT2D eigenvalue weighted by Gasteiger charge is 2.07. The number of nitrogens with one attached hydrogen (secondary N) is 2.